The summed E-state index contributed by atoms with van der Waals surface area (Å²) in [6, 6.07) is 109. The summed E-state index contributed by atoms with van der Waals surface area (Å²) in [5.41, 5.74) is 23.4. The summed E-state index contributed by atoms with van der Waals surface area (Å²) >= 11 is 0. The third kappa shape index (κ3) is 6.42. The summed E-state index contributed by atoms with van der Waals surface area (Å²) in [7, 11) is 0. The highest BCUT2D eigenvalue weighted by atomic mass is 15.2. The lowest BCUT2D eigenvalue weighted by atomic mass is 9.93. The molecule has 7 heteroatoms. The average molecular weight is 1100 g/mol. The second-order valence-corrected chi connectivity index (χ2v) is 22.6. The van der Waals surface area contributed by atoms with E-state index in [9.17, 15) is 0 Å². The Hall–Kier alpha value is -11.7. The predicted octanol–water partition coefficient (Wildman–Crippen LogP) is 20.2. The van der Waals surface area contributed by atoms with Crippen LogP contribution in [-0.4, -0.2) is 32.2 Å². The normalized spacial score (nSPS) is 12.2. The minimum Gasteiger partial charge on any atom is -0.309 e. The van der Waals surface area contributed by atoms with Crippen molar-refractivity contribution < 1.29 is 0 Å². The van der Waals surface area contributed by atoms with Gasteiger partial charge in [-0.25, -0.2) is 4.98 Å². The molecule has 0 N–H and O–H groups in total. The number of benzene rings is 13. The van der Waals surface area contributed by atoms with Gasteiger partial charge in [0.2, 0.25) is 5.78 Å². The van der Waals surface area contributed by atoms with E-state index in [0.29, 0.717) is 0 Å². The molecule has 86 heavy (non-hydrogen) atoms. The molecule has 6 heterocycles. The Morgan fingerprint density at radius 2 is 0.616 bits per heavy atom. The Bertz CT molecular complexity index is 5930. The van der Waals surface area contributed by atoms with Crippen LogP contribution in [0.2, 0.25) is 0 Å². The molecule has 0 atom stereocenters. The third-order valence-electron chi connectivity index (χ3n) is 18.2. The number of aromatic nitrogens is 7. The highest BCUT2D eigenvalue weighted by Gasteiger charge is 2.27. The smallest absolute Gasteiger partial charge is 0.220 e. The SMILES string of the molecule is c1ccc(-n2c3ccccc3c3ccc4c(nc5n(-c6ccc7c(c6)c6ccccc6n7-c6ccccc6-c6cccc(-c7ccccc7-n7c8ccccc8c8ccccc87)c6-n6c7ccccc7c7ccccc76)c6ccccc6n45)c32)cc1. The maximum Gasteiger partial charge on any atom is 0.220 e. The van der Waals surface area contributed by atoms with Crippen molar-refractivity contribution in [1.82, 2.24) is 32.2 Å². The molecule has 13 aromatic carbocycles. The average Bonchev–Trinajstić information content (AvgIpc) is 1.73. The van der Waals surface area contributed by atoms with Crippen molar-refractivity contribution in [3.8, 4) is 50.7 Å². The van der Waals surface area contributed by atoms with Crippen molar-refractivity contribution in [3.05, 3.63) is 297 Å². The van der Waals surface area contributed by atoms with E-state index in [1.807, 2.05) is 0 Å². The molecule has 0 fully saturated rings. The van der Waals surface area contributed by atoms with E-state index in [-0.39, 0.29) is 0 Å². The zero-order valence-electron chi connectivity index (χ0n) is 46.4. The minimum atomic E-state index is 0.865. The van der Waals surface area contributed by atoms with Crippen LogP contribution in [0.5, 0.6) is 0 Å². The van der Waals surface area contributed by atoms with Gasteiger partial charge < -0.3 is 18.3 Å². The van der Waals surface area contributed by atoms with Crippen LogP contribution in [0.1, 0.15) is 0 Å². The lowest BCUT2D eigenvalue weighted by Gasteiger charge is -2.23. The van der Waals surface area contributed by atoms with E-state index >= 15 is 0 Å². The summed E-state index contributed by atoms with van der Waals surface area (Å²) < 4.78 is 14.6. The molecule has 0 radical (unpaired) electrons. The first kappa shape index (κ1) is 46.9. The van der Waals surface area contributed by atoms with E-state index in [4.69, 9.17) is 4.98 Å². The quantitative estimate of drug-likeness (QED) is 0.157. The Balaban J connectivity index is 0.856. The first-order valence-corrected chi connectivity index (χ1v) is 29.5. The molecular weight excluding hydrogens is 1050 g/mol. The molecule has 0 unspecified atom stereocenters. The molecule has 7 nitrogen and oxygen atoms in total. The zero-order chi connectivity index (χ0) is 56.1. The maximum atomic E-state index is 5.72. The van der Waals surface area contributed by atoms with Gasteiger partial charge in [0.25, 0.3) is 0 Å². The van der Waals surface area contributed by atoms with Gasteiger partial charge in [-0.05, 0) is 103 Å². The van der Waals surface area contributed by atoms with Gasteiger partial charge in [0, 0.05) is 76.7 Å². The number of hydrogen-bond acceptors (Lipinski definition) is 1. The van der Waals surface area contributed by atoms with E-state index in [1.54, 1.807) is 0 Å². The summed E-state index contributed by atoms with van der Waals surface area (Å²) in [4.78, 5) is 5.72. The van der Waals surface area contributed by atoms with Gasteiger partial charge in [-0.15, -0.1) is 0 Å². The van der Waals surface area contributed by atoms with Gasteiger partial charge in [-0.2, -0.15) is 0 Å². The van der Waals surface area contributed by atoms with Crippen molar-refractivity contribution in [2.24, 2.45) is 0 Å². The van der Waals surface area contributed by atoms with Crippen molar-refractivity contribution in [3.63, 3.8) is 0 Å². The van der Waals surface area contributed by atoms with E-state index in [1.165, 1.54) is 48.7 Å². The molecule has 0 aliphatic heterocycles. The standard InChI is InChI=1S/C79H49N7/c1-2-23-50(24-3-1)81-64-35-12-8-31-58(64)62-46-48-75-76(78(62)81)80-79-82(73-43-20-21-44-74(73)86(75)79)51-45-47-72-63(49-51)59-32-11-17-40-69(59)84(72)68-39-16-10-30-57(68)61-34-22-33-60(77(61)85-70-41-18-6-27-54(70)55-28-7-19-42-71(55)85)56-29-9-15-38-67(56)83-65-36-13-4-25-52(65)53-26-5-14-37-66(53)83/h1-49H. The van der Waals surface area contributed by atoms with Crippen molar-refractivity contribution in [2.75, 3.05) is 0 Å². The highest BCUT2D eigenvalue weighted by Crippen LogP contribution is 2.47. The number of para-hydroxylation sites is 12. The summed E-state index contributed by atoms with van der Waals surface area (Å²) in [6.45, 7) is 0. The molecule has 0 aliphatic rings. The maximum absolute atomic E-state index is 5.72. The molecule has 0 bridgehead atoms. The number of rotatable bonds is 7. The van der Waals surface area contributed by atoms with Crippen LogP contribution in [0.3, 0.4) is 0 Å². The van der Waals surface area contributed by atoms with Gasteiger partial charge in [-0.3, -0.25) is 8.97 Å². The van der Waals surface area contributed by atoms with Crippen LogP contribution >= 0.6 is 0 Å². The Morgan fingerprint density at radius 1 is 0.221 bits per heavy atom. The fraction of sp³-hybridized carbons (Fsp3) is 0. The summed E-state index contributed by atoms with van der Waals surface area (Å²) in [5.74, 6) is 0.865. The topological polar surface area (TPSA) is 42.0 Å². The second kappa shape index (κ2) is 17.9. The Labute approximate surface area is 492 Å². The van der Waals surface area contributed by atoms with Gasteiger partial charge in [0.15, 0.2) is 0 Å². The molecule has 19 rings (SSSR count). The van der Waals surface area contributed by atoms with Gasteiger partial charge >= 0.3 is 0 Å². The van der Waals surface area contributed by atoms with Crippen LogP contribution in [-0.2, 0) is 0 Å². The summed E-state index contributed by atoms with van der Waals surface area (Å²) in [5, 5.41) is 9.61. The van der Waals surface area contributed by atoms with Crippen molar-refractivity contribution in [1.29, 1.82) is 0 Å². The first-order chi connectivity index (χ1) is 42.7. The largest absolute Gasteiger partial charge is 0.309 e. The monoisotopic (exact) mass is 1100 g/mol. The van der Waals surface area contributed by atoms with Gasteiger partial charge in [0.1, 0.15) is 5.52 Å². The van der Waals surface area contributed by atoms with E-state index in [0.717, 1.165) is 117 Å². The predicted molar refractivity (Wildman–Crippen MR) is 358 cm³/mol. The van der Waals surface area contributed by atoms with Crippen LogP contribution in [0.4, 0.5) is 0 Å². The lowest BCUT2D eigenvalue weighted by Crippen LogP contribution is -2.05. The number of nitrogens with zero attached hydrogens (tertiary/aromatic N) is 7. The number of imidazole rings is 2. The highest BCUT2D eigenvalue weighted by molar-refractivity contribution is 6.19. The molecule has 0 spiro atoms. The van der Waals surface area contributed by atoms with Crippen LogP contribution in [0.15, 0.2) is 297 Å². The first-order valence-electron chi connectivity index (χ1n) is 29.5. The number of hydrogen-bond donors (Lipinski definition) is 0. The van der Waals surface area contributed by atoms with Crippen LogP contribution in [0, 0.1) is 0 Å². The Kier molecular flexibility index (Phi) is 9.77. The van der Waals surface area contributed by atoms with Gasteiger partial charge in [-0.1, -0.05) is 194 Å². The molecule has 400 valence electrons. The number of fused-ring (bicyclic) bond motifs is 18. The molecule has 0 saturated carbocycles. The minimum absolute atomic E-state index is 0.865. The van der Waals surface area contributed by atoms with E-state index < -0.39 is 0 Å². The lowest BCUT2D eigenvalue weighted by molar-refractivity contribution is 1.11. The summed E-state index contributed by atoms with van der Waals surface area (Å²) in [6.07, 6.45) is 0. The van der Waals surface area contributed by atoms with Crippen LogP contribution in [0.25, 0.3) is 166 Å². The zero-order valence-corrected chi connectivity index (χ0v) is 46.4. The third-order valence-corrected chi connectivity index (χ3v) is 18.2. The second-order valence-electron chi connectivity index (χ2n) is 22.6. The Morgan fingerprint density at radius 3 is 1.16 bits per heavy atom. The molecule has 0 aliphatic carbocycles. The molecule has 0 saturated heterocycles. The molecular formula is C79H49N7. The van der Waals surface area contributed by atoms with Crippen LogP contribution < -0.4 is 0 Å². The van der Waals surface area contributed by atoms with E-state index in [2.05, 4.69) is 324 Å². The molecule has 6 aromatic heterocycles. The fourth-order valence-electron chi connectivity index (χ4n) is 14.7. The fourth-order valence-corrected chi connectivity index (χ4v) is 14.7. The molecule has 0 amide bonds. The molecule has 19 aromatic rings. The van der Waals surface area contributed by atoms with Gasteiger partial charge in [0.05, 0.1) is 77.7 Å². The van der Waals surface area contributed by atoms with Crippen molar-refractivity contribution >= 4 is 115 Å². The van der Waals surface area contributed by atoms with Crippen molar-refractivity contribution in [2.45, 2.75) is 0 Å².